The molecule has 0 aliphatic heterocycles. The number of rotatable bonds is 5. The first-order valence-electron chi connectivity index (χ1n) is 5.60. The average molecular weight is 237 g/mol. The lowest BCUT2D eigenvalue weighted by Crippen LogP contribution is -2.37. The highest BCUT2D eigenvalue weighted by Gasteiger charge is 2.26. The van der Waals surface area contributed by atoms with Crippen LogP contribution < -0.4 is 15.8 Å². The van der Waals surface area contributed by atoms with E-state index in [2.05, 4.69) is 10.3 Å². The third kappa shape index (κ3) is 3.42. The Balaban J connectivity index is 2.84. The number of carbonyl (C=O) groups excluding carboxylic acids is 1. The summed E-state index contributed by atoms with van der Waals surface area (Å²) in [7, 11) is 0. The Hall–Kier alpha value is -1.62. The number of carbonyl (C=O) groups is 1. The highest BCUT2D eigenvalue weighted by molar-refractivity contribution is 5.95. The van der Waals surface area contributed by atoms with Crippen LogP contribution in [0.2, 0.25) is 0 Å². The van der Waals surface area contributed by atoms with Crippen LogP contribution in [0.25, 0.3) is 0 Å². The van der Waals surface area contributed by atoms with Crippen LogP contribution >= 0.6 is 0 Å². The Kier molecular flexibility index (Phi) is 4.45. The molecule has 0 bridgehead atoms. The SMILES string of the molecule is CCOc1ncccc1NC(=O)C(C)(C)CN. The molecule has 0 radical (unpaired) electrons. The summed E-state index contributed by atoms with van der Waals surface area (Å²) in [5.74, 6) is 0.283. The molecule has 5 nitrogen and oxygen atoms in total. The standard InChI is InChI=1S/C12H19N3O2/c1-4-17-10-9(6-5-7-14-10)15-11(16)12(2,3)8-13/h5-7H,4,8,13H2,1-3H3,(H,15,16). The van der Waals surface area contributed by atoms with Gasteiger partial charge < -0.3 is 15.8 Å². The van der Waals surface area contributed by atoms with E-state index in [9.17, 15) is 4.79 Å². The lowest BCUT2D eigenvalue weighted by atomic mass is 9.92. The largest absolute Gasteiger partial charge is 0.476 e. The highest BCUT2D eigenvalue weighted by atomic mass is 16.5. The number of nitrogens with one attached hydrogen (secondary N) is 1. The van der Waals surface area contributed by atoms with Crippen molar-refractivity contribution < 1.29 is 9.53 Å². The van der Waals surface area contributed by atoms with Gasteiger partial charge in [-0.25, -0.2) is 4.98 Å². The quantitative estimate of drug-likeness (QED) is 0.811. The lowest BCUT2D eigenvalue weighted by Gasteiger charge is -2.21. The average Bonchev–Trinajstić information content (AvgIpc) is 2.32. The summed E-state index contributed by atoms with van der Waals surface area (Å²) in [5, 5.41) is 2.78. The van der Waals surface area contributed by atoms with Crippen molar-refractivity contribution in [2.24, 2.45) is 11.1 Å². The fourth-order valence-electron chi connectivity index (χ4n) is 1.12. The third-order valence-corrected chi connectivity index (χ3v) is 2.43. The second kappa shape index (κ2) is 5.63. The maximum Gasteiger partial charge on any atom is 0.237 e. The van der Waals surface area contributed by atoms with Gasteiger partial charge in [0.2, 0.25) is 11.8 Å². The second-order valence-corrected chi connectivity index (χ2v) is 4.33. The van der Waals surface area contributed by atoms with Gasteiger partial charge in [-0.15, -0.1) is 0 Å². The predicted molar refractivity (Wildman–Crippen MR) is 66.9 cm³/mol. The van der Waals surface area contributed by atoms with Gasteiger partial charge in [0.25, 0.3) is 0 Å². The number of nitrogens with two attached hydrogens (primary N) is 1. The Morgan fingerprint density at radius 1 is 1.59 bits per heavy atom. The van der Waals surface area contributed by atoms with Crippen LogP contribution in [0.4, 0.5) is 5.69 Å². The second-order valence-electron chi connectivity index (χ2n) is 4.33. The monoisotopic (exact) mass is 237 g/mol. The number of anilines is 1. The summed E-state index contributed by atoms with van der Waals surface area (Å²) in [5.41, 5.74) is 5.51. The molecule has 0 saturated heterocycles. The number of ether oxygens (including phenoxy) is 1. The maximum absolute atomic E-state index is 11.9. The molecule has 17 heavy (non-hydrogen) atoms. The van der Waals surface area contributed by atoms with Crippen LogP contribution in [0.5, 0.6) is 5.88 Å². The molecule has 0 atom stereocenters. The first kappa shape index (κ1) is 13.4. The molecule has 94 valence electrons. The number of nitrogens with zero attached hydrogens (tertiary/aromatic N) is 1. The van der Waals surface area contributed by atoms with Crippen molar-refractivity contribution in [1.29, 1.82) is 0 Å². The van der Waals surface area contributed by atoms with E-state index >= 15 is 0 Å². The van der Waals surface area contributed by atoms with Crippen LogP contribution in [0.1, 0.15) is 20.8 Å². The lowest BCUT2D eigenvalue weighted by molar-refractivity contribution is -0.123. The summed E-state index contributed by atoms with van der Waals surface area (Å²) in [4.78, 5) is 16.0. The molecule has 0 aliphatic rings. The molecule has 3 N–H and O–H groups in total. The molecule has 0 saturated carbocycles. The predicted octanol–water partition coefficient (Wildman–Crippen LogP) is 1.40. The summed E-state index contributed by atoms with van der Waals surface area (Å²) >= 11 is 0. The molecular formula is C12H19N3O2. The summed E-state index contributed by atoms with van der Waals surface area (Å²) in [6, 6.07) is 3.50. The molecule has 0 fully saturated rings. The van der Waals surface area contributed by atoms with Crippen molar-refractivity contribution in [3.8, 4) is 5.88 Å². The van der Waals surface area contributed by atoms with Gasteiger partial charge in [-0.05, 0) is 32.9 Å². The molecule has 1 aromatic heterocycles. The number of hydrogen-bond acceptors (Lipinski definition) is 4. The van der Waals surface area contributed by atoms with Gasteiger partial charge in [0.05, 0.1) is 12.0 Å². The van der Waals surface area contributed by atoms with Crippen molar-refractivity contribution in [2.75, 3.05) is 18.5 Å². The molecule has 1 aromatic rings. The van der Waals surface area contributed by atoms with Crippen LogP contribution in [0, 0.1) is 5.41 Å². The van der Waals surface area contributed by atoms with Crippen molar-refractivity contribution in [2.45, 2.75) is 20.8 Å². The molecule has 0 unspecified atom stereocenters. The van der Waals surface area contributed by atoms with E-state index in [1.54, 1.807) is 32.2 Å². The molecule has 1 heterocycles. The van der Waals surface area contributed by atoms with E-state index in [1.165, 1.54) is 0 Å². The first-order valence-corrected chi connectivity index (χ1v) is 5.60. The van der Waals surface area contributed by atoms with Crippen molar-refractivity contribution in [1.82, 2.24) is 4.98 Å². The zero-order valence-electron chi connectivity index (χ0n) is 10.5. The Labute approximate surface area is 101 Å². The van der Waals surface area contributed by atoms with Crippen molar-refractivity contribution in [3.63, 3.8) is 0 Å². The van der Waals surface area contributed by atoms with Crippen LogP contribution in [-0.2, 0) is 4.79 Å². The fraction of sp³-hybridized carbons (Fsp3) is 0.500. The molecule has 0 aliphatic carbocycles. The molecule has 5 heteroatoms. The van der Waals surface area contributed by atoms with Gasteiger partial charge in [0.1, 0.15) is 5.69 Å². The summed E-state index contributed by atoms with van der Waals surface area (Å²) in [6.45, 7) is 6.23. The number of amides is 1. The van der Waals surface area contributed by atoms with E-state index in [0.717, 1.165) is 0 Å². The Morgan fingerprint density at radius 3 is 2.88 bits per heavy atom. The molecule has 0 aromatic carbocycles. The van der Waals surface area contributed by atoms with E-state index in [1.807, 2.05) is 6.92 Å². The number of pyridine rings is 1. The highest BCUT2D eigenvalue weighted by Crippen LogP contribution is 2.23. The van der Waals surface area contributed by atoms with E-state index < -0.39 is 5.41 Å². The topological polar surface area (TPSA) is 77.2 Å². The van der Waals surface area contributed by atoms with Crippen LogP contribution in [-0.4, -0.2) is 24.0 Å². The van der Waals surface area contributed by atoms with E-state index in [0.29, 0.717) is 18.2 Å². The van der Waals surface area contributed by atoms with Gasteiger partial charge in [-0.3, -0.25) is 4.79 Å². The third-order valence-electron chi connectivity index (χ3n) is 2.43. The number of aromatic nitrogens is 1. The molecule has 1 rings (SSSR count). The molecular weight excluding hydrogens is 218 g/mol. The smallest absolute Gasteiger partial charge is 0.237 e. The van der Waals surface area contributed by atoms with E-state index in [4.69, 9.17) is 10.5 Å². The van der Waals surface area contributed by atoms with Crippen molar-refractivity contribution in [3.05, 3.63) is 18.3 Å². The van der Waals surface area contributed by atoms with Gasteiger partial charge in [-0.2, -0.15) is 0 Å². The summed E-state index contributed by atoms with van der Waals surface area (Å²) < 4.78 is 5.33. The fourth-order valence-corrected chi connectivity index (χ4v) is 1.12. The van der Waals surface area contributed by atoms with Crippen LogP contribution in [0.3, 0.4) is 0 Å². The Morgan fingerprint density at radius 2 is 2.29 bits per heavy atom. The van der Waals surface area contributed by atoms with Gasteiger partial charge in [0.15, 0.2) is 0 Å². The minimum Gasteiger partial charge on any atom is -0.476 e. The minimum absolute atomic E-state index is 0.144. The van der Waals surface area contributed by atoms with Gasteiger partial charge in [-0.1, -0.05) is 0 Å². The molecule has 0 spiro atoms. The van der Waals surface area contributed by atoms with Gasteiger partial charge in [0, 0.05) is 12.7 Å². The maximum atomic E-state index is 11.9. The minimum atomic E-state index is -0.612. The van der Waals surface area contributed by atoms with Crippen molar-refractivity contribution >= 4 is 11.6 Å². The normalized spacial score (nSPS) is 11.1. The summed E-state index contributed by atoms with van der Waals surface area (Å²) in [6.07, 6.45) is 1.62. The molecule has 1 amide bonds. The number of hydrogen-bond donors (Lipinski definition) is 2. The zero-order chi connectivity index (χ0) is 12.9. The van der Waals surface area contributed by atoms with Gasteiger partial charge >= 0.3 is 0 Å². The Bertz CT molecular complexity index is 391. The first-order chi connectivity index (χ1) is 8.01. The zero-order valence-corrected chi connectivity index (χ0v) is 10.5. The van der Waals surface area contributed by atoms with E-state index in [-0.39, 0.29) is 12.5 Å². The van der Waals surface area contributed by atoms with Crippen LogP contribution in [0.15, 0.2) is 18.3 Å².